The molecule has 1 saturated heterocycles. The van der Waals surface area contributed by atoms with Gasteiger partial charge in [-0.25, -0.2) is 13.2 Å². The highest BCUT2D eigenvalue weighted by Crippen LogP contribution is 2.27. The Hall–Kier alpha value is -1.64. The topological polar surface area (TPSA) is 92.8 Å². The fourth-order valence-corrected chi connectivity index (χ4v) is 4.53. The van der Waals surface area contributed by atoms with Crippen molar-refractivity contribution in [1.29, 1.82) is 0 Å². The molecule has 0 spiro atoms. The van der Waals surface area contributed by atoms with E-state index in [1.165, 1.54) is 27.1 Å². The van der Waals surface area contributed by atoms with Crippen LogP contribution in [-0.4, -0.2) is 42.1 Å². The van der Waals surface area contributed by atoms with Gasteiger partial charge in [-0.05, 0) is 43.4 Å². The predicted octanol–water partition coefficient (Wildman–Crippen LogP) is 0.915. The molecule has 23 heavy (non-hydrogen) atoms. The van der Waals surface area contributed by atoms with E-state index < -0.39 is 15.8 Å². The van der Waals surface area contributed by atoms with Gasteiger partial charge in [0.15, 0.2) is 5.58 Å². The number of hydrogen-bond donors (Lipinski definition) is 1. The zero-order valence-electron chi connectivity index (χ0n) is 12.9. The van der Waals surface area contributed by atoms with E-state index >= 15 is 0 Å². The number of hydrogen-bond acceptors (Lipinski definition) is 5. The molecular weight excluding hydrogens is 320 g/mol. The molecule has 3 rings (SSSR count). The van der Waals surface area contributed by atoms with Gasteiger partial charge in [-0.3, -0.25) is 4.57 Å². The minimum atomic E-state index is -3.59. The Kier molecular flexibility index (Phi) is 4.31. The Bertz CT molecular complexity index is 860. The lowest BCUT2D eigenvalue weighted by Gasteiger charge is -2.30. The second kappa shape index (κ2) is 6.10. The summed E-state index contributed by atoms with van der Waals surface area (Å²) in [7, 11) is -2.04. The number of oxazole rings is 1. The first-order chi connectivity index (χ1) is 10.9. The Morgan fingerprint density at radius 2 is 2.00 bits per heavy atom. The van der Waals surface area contributed by atoms with Crippen molar-refractivity contribution in [2.45, 2.75) is 24.2 Å². The number of sulfonamides is 1. The quantitative estimate of drug-likeness (QED) is 0.893. The van der Waals surface area contributed by atoms with Gasteiger partial charge in [-0.1, -0.05) is 0 Å². The first kappa shape index (κ1) is 16.2. The number of aryl methyl sites for hydroxylation is 1. The normalized spacial score (nSPS) is 17.8. The van der Waals surface area contributed by atoms with E-state index in [1.807, 2.05) is 0 Å². The summed E-state index contributed by atoms with van der Waals surface area (Å²) >= 11 is 0. The minimum Gasteiger partial charge on any atom is -0.408 e. The third-order valence-electron chi connectivity index (χ3n) is 4.51. The molecule has 126 valence electrons. The van der Waals surface area contributed by atoms with E-state index in [0.29, 0.717) is 30.1 Å². The highest BCUT2D eigenvalue weighted by atomic mass is 32.2. The summed E-state index contributed by atoms with van der Waals surface area (Å²) in [5.74, 6) is -0.136. The molecule has 1 aliphatic heterocycles. The largest absolute Gasteiger partial charge is 0.419 e. The molecule has 2 aromatic rings. The van der Waals surface area contributed by atoms with Crippen LogP contribution in [0.4, 0.5) is 0 Å². The number of benzene rings is 1. The van der Waals surface area contributed by atoms with E-state index in [1.54, 1.807) is 7.05 Å². The van der Waals surface area contributed by atoms with Crippen LogP contribution < -0.4 is 5.76 Å². The van der Waals surface area contributed by atoms with Gasteiger partial charge in [0.2, 0.25) is 10.0 Å². The fraction of sp³-hybridized carbons (Fsp3) is 0.533. The SMILES string of the molecule is Cn1c(=O)oc2ccc(S(=O)(=O)N3CCC(CCO)CC3)cc21. The van der Waals surface area contributed by atoms with Crippen molar-refractivity contribution >= 4 is 21.1 Å². The second-order valence-corrected chi connectivity index (χ2v) is 7.85. The molecule has 0 bridgehead atoms. The van der Waals surface area contributed by atoms with Crippen LogP contribution in [-0.2, 0) is 17.1 Å². The van der Waals surface area contributed by atoms with Crippen LogP contribution in [0.3, 0.4) is 0 Å². The molecule has 0 amide bonds. The third-order valence-corrected chi connectivity index (χ3v) is 6.41. The molecule has 1 fully saturated rings. The molecule has 1 aromatic carbocycles. The summed E-state index contributed by atoms with van der Waals surface area (Å²) < 4.78 is 33.3. The van der Waals surface area contributed by atoms with Crippen LogP contribution in [0.2, 0.25) is 0 Å². The van der Waals surface area contributed by atoms with E-state index in [-0.39, 0.29) is 11.5 Å². The number of aliphatic hydroxyl groups excluding tert-OH is 1. The van der Waals surface area contributed by atoms with Gasteiger partial charge in [-0.15, -0.1) is 0 Å². The van der Waals surface area contributed by atoms with Gasteiger partial charge < -0.3 is 9.52 Å². The van der Waals surface area contributed by atoms with E-state index in [9.17, 15) is 13.2 Å². The van der Waals surface area contributed by atoms with E-state index in [0.717, 1.165) is 19.3 Å². The van der Waals surface area contributed by atoms with Crippen molar-refractivity contribution in [3.8, 4) is 0 Å². The summed E-state index contributed by atoms with van der Waals surface area (Å²) in [6.45, 7) is 1.05. The van der Waals surface area contributed by atoms with Crippen LogP contribution in [0.5, 0.6) is 0 Å². The Morgan fingerprint density at radius 1 is 1.30 bits per heavy atom. The second-order valence-electron chi connectivity index (χ2n) is 5.92. The highest BCUT2D eigenvalue weighted by Gasteiger charge is 2.29. The molecule has 0 aliphatic carbocycles. The maximum atomic E-state index is 12.8. The molecule has 2 heterocycles. The van der Waals surface area contributed by atoms with Crippen molar-refractivity contribution in [3.63, 3.8) is 0 Å². The van der Waals surface area contributed by atoms with Gasteiger partial charge in [0.05, 0.1) is 10.4 Å². The average molecular weight is 340 g/mol. The maximum absolute atomic E-state index is 12.8. The number of nitrogens with zero attached hydrogens (tertiary/aromatic N) is 2. The first-order valence-corrected chi connectivity index (χ1v) is 9.08. The molecule has 1 aliphatic rings. The van der Waals surface area contributed by atoms with Crippen molar-refractivity contribution in [2.24, 2.45) is 13.0 Å². The smallest absolute Gasteiger partial charge is 0.408 e. The molecule has 0 unspecified atom stereocenters. The van der Waals surface area contributed by atoms with Crippen LogP contribution in [0.1, 0.15) is 19.3 Å². The van der Waals surface area contributed by atoms with Crippen LogP contribution in [0.15, 0.2) is 32.3 Å². The summed E-state index contributed by atoms with van der Waals surface area (Å²) in [6.07, 6.45) is 2.23. The summed E-state index contributed by atoms with van der Waals surface area (Å²) in [4.78, 5) is 11.7. The predicted molar refractivity (Wildman–Crippen MR) is 84.6 cm³/mol. The number of piperidine rings is 1. The van der Waals surface area contributed by atoms with Gasteiger partial charge in [0.1, 0.15) is 0 Å². The fourth-order valence-electron chi connectivity index (χ4n) is 3.04. The standard InChI is InChI=1S/C15H20N2O5S/c1-16-13-10-12(2-3-14(13)22-15(16)19)23(20,21)17-7-4-11(5-8-17)6-9-18/h2-3,10-11,18H,4-9H2,1H3. The number of rotatable bonds is 4. The lowest BCUT2D eigenvalue weighted by Crippen LogP contribution is -2.38. The van der Waals surface area contributed by atoms with Crippen LogP contribution in [0, 0.1) is 5.92 Å². The zero-order chi connectivity index (χ0) is 16.6. The van der Waals surface area contributed by atoms with E-state index in [4.69, 9.17) is 9.52 Å². The monoisotopic (exact) mass is 340 g/mol. The van der Waals surface area contributed by atoms with E-state index in [2.05, 4.69) is 0 Å². The Balaban J connectivity index is 1.88. The molecule has 0 atom stereocenters. The molecule has 8 heteroatoms. The summed E-state index contributed by atoms with van der Waals surface area (Å²) in [6, 6.07) is 4.47. The summed E-state index contributed by atoms with van der Waals surface area (Å²) in [5.41, 5.74) is 0.837. The zero-order valence-corrected chi connectivity index (χ0v) is 13.8. The highest BCUT2D eigenvalue weighted by molar-refractivity contribution is 7.89. The number of fused-ring (bicyclic) bond motifs is 1. The Labute approximate surface area is 134 Å². The number of aliphatic hydroxyl groups is 1. The van der Waals surface area contributed by atoms with Gasteiger partial charge in [0.25, 0.3) is 0 Å². The molecule has 1 aromatic heterocycles. The third kappa shape index (κ3) is 2.93. The van der Waals surface area contributed by atoms with Gasteiger partial charge >= 0.3 is 5.76 Å². The molecule has 0 radical (unpaired) electrons. The molecular formula is C15H20N2O5S. The van der Waals surface area contributed by atoms with Gasteiger partial charge in [-0.2, -0.15) is 4.31 Å². The average Bonchev–Trinajstić information content (AvgIpc) is 2.82. The lowest BCUT2D eigenvalue weighted by atomic mass is 9.95. The summed E-state index contributed by atoms with van der Waals surface area (Å²) in [5, 5.41) is 8.98. The van der Waals surface area contributed by atoms with Crippen LogP contribution in [0.25, 0.3) is 11.1 Å². The molecule has 0 saturated carbocycles. The maximum Gasteiger partial charge on any atom is 0.419 e. The van der Waals surface area contributed by atoms with Crippen molar-refractivity contribution in [2.75, 3.05) is 19.7 Å². The first-order valence-electron chi connectivity index (χ1n) is 7.64. The lowest BCUT2D eigenvalue weighted by molar-refractivity contribution is 0.208. The minimum absolute atomic E-state index is 0.141. The van der Waals surface area contributed by atoms with Crippen LogP contribution >= 0.6 is 0 Å². The Morgan fingerprint density at radius 3 is 2.65 bits per heavy atom. The molecule has 1 N–H and O–H groups in total. The van der Waals surface area contributed by atoms with Gasteiger partial charge in [0, 0.05) is 26.7 Å². The van der Waals surface area contributed by atoms with Crippen molar-refractivity contribution in [3.05, 3.63) is 28.7 Å². The van der Waals surface area contributed by atoms with Crippen molar-refractivity contribution < 1.29 is 17.9 Å². The van der Waals surface area contributed by atoms with Crippen molar-refractivity contribution in [1.82, 2.24) is 8.87 Å². The number of aromatic nitrogens is 1. The molecule has 7 nitrogen and oxygen atoms in total.